The van der Waals surface area contributed by atoms with Gasteiger partial charge in [-0.05, 0) is 24.6 Å². The van der Waals surface area contributed by atoms with Crippen LogP contribution in [0.2, 0.25) is 0 Å². The van der Waals surface area contributed by atoms with E-state index < -0.39 is 30.8 Å². The Hall–Kier alpha value is -1.63. The first-order chi connectivity index (χ1) is 9.33. The highest BCUT2D eigenvalue weighted by atomic mass is 19.4. The highest BCUT2D eigenvalue weighted by Crippen LogP contribution is 2.22. The van der Waals surface area contributed by atoms with Gasteiger partial charge in [-0.1, -0.05) is 0 Å². The maximum atomic E-state index is 13.0. The van der Waals surface area contributed by atoms with Crippen LogP contribution in [0.4, 0.5) is 17.6 Å². The van der Waals surface area contributed by atoms with Gasteiger partial charge in [0.05, 0.1) is 12.7 Å². The van der Waals surface area contributed by atoms with E-state index in [0.717, 1.165) is 12.1 Å². The third-order valence-electron chi connectivity index (χ3n) is 2.44. The summed E-state index contributed by atoms with van der Waals surface area (Å²) in [5, 5.41) is 0. The van der Waals surface area contributed by atoms with Crippen molar-refractivity contribution in [3.63, 3.8) is 0 Å². The number of Topliss-reactive ketones (excluding diaryl/α,β-unsaturated/α-hetero) is 1. The molecule has 0 radical (unpaired) electrons. The summed E-state index contributed by atoms with van der Waals surface area (Å²) in [6.45, 7) is -0.611. The summed E-state index contributed by atoms with van der Waals surface area (Å²) in [5.74, 6) is -0.963. The standard InChI is InChI=1S/C13H14F4O3/c1-19-12-4-3-9(14)7-10(12)11(18)8-20-6-2-5-13(15,16)17/h3-4,7H,2,5-6,8H2,1H3. The summed E-state index contributed by atoms with van der Waals surface area (Å²) in [6.07, 6.45) is -5.43. The van der Waals surface area contributed by atoms with Crippen molar-refractivity contribution >= 4 is 5.78 Å². The van der Waals surface area contributed by atoms with Crippen molar-refractivity contribution in [1.82, 2.24) is 0 Å². The van der Waals surface area contributed by atoms with Gasteiger partial charge >= 0.3 is 6.18 Å². The van der Waals surface area contributed by atoms with Gasteiger partial charge in [-0.25, -0.2) is 4.39 Å². The Balaban J connectivity index is 2.45. The predicted molar refractivity (Wildman–Crippen MR) is 63.4 cm³/mol. The summed E-state index contributed by atoms with van der Waals surface area (Å²) < 4.78 is 58.4. The Bertz CT molecular complexity index is 457. The molecule has 0 saturated heterocycles. The van der Waals surface area contributed by atoms with E-state index in [1.165, 1.54) is 13.2 Å². The Morgan fingerprint density at radius 1 is 1.30 bits per heavy atom. The maximum absolute atomic E-state index is 13.0. The molecule has 0 spiro atoms. The molecule has 0 aromatic heterocycles. The highest BCUT2D eigenvalue weighted by Gasteiger charge is 2.26. The largest absolute Gasteiger partial charge is 0.496 e. The van der Waals surface area contributed by atoms with Crippen LogP contribution in [0.1, 0.15) is 23.2 Å². The minimum atomic E-state index is -4.24. The first-order valence-electron chi connectivity index (χ1n) is 5.84. The van der Waals surface area contributed by atoms with Gasteiger partial charge in [-0.2, -0.15) is 13.2 Å². The fourth-order valence-corrected chi connectivity index (χ4v) is 1.52. The summed E-state index contributed by atoms with van der Waals surface area (Å²) in [7, 11) is 1.33. The van der Waals surface area contributed by atoms with Crippen LogP contribution in [-0.2, 0) is 4.74 Å². The second-order valence-electron chi connectivity index (χ2n) is 4.04. The van der Waals surface area contributed by atoms with Crippen molar-refractivity contribution < 1.29 is 31.8 Å². The number of hydrogen-bond donors (Lipinski definition) is 0. The average Bonchev–Trinajstić information content (AvgIpc) is 2.36. The van der Waals surface area contributed by atoms with Crippen LogP contribution < -0.4 is 4.74 Å². The van der Waals surface area contributed by atoms with E-state index in [2.05, 4.69) is 0 Å². The molecule has 1 rings (SSSR count). The molecule has 20 heavy (non-hydrogen) atoms. The highest BCUT2D eigenvalue weighted by molar-refractivity contribution is 5.99. The molecule has 0 aliphatic rings. The Labute approximate surface area is 113 Å². The van der Waals surface area contributed by atoms with E-state index in [-0.39, 0.29) is 24.3 Å². The Kier molecular flexibility index (Phi) is 5.94. The lowest BCUT2D eigenvalue weighted by molar-refractivity contribution is -0.137. The first-order valence-corrected chi connectivity index (χ1v) is 5.84. The first kappa shape index (κ1) is 16.4. The zero-order chi connectivity index (χ0) is 15.2. The van der Waals surface area contributed by atoms with Gasteiger partial charge in [-0.3, -0.25) is 4.79 Å². The minimum absolute atomic E-state index is 0.00308. The van der Waals surface area contributed by atoms with Gasteiger partial charge in [0.2, 0.25) is 0 Å². The van der Waals surface area contributed by atoms with E-state index in [0.29, 0.717) is 0 Å². The van der Waals surface area contributed by atoms with Gasteiger partial charge in [0.1, 0.15) is 18.2 Å². The number of hydrogen-bond acceptors (Lipinski definition) is 3. The number of ketones is 1. The second-order valence-corrected chi connectivity index (χ2v) is 4.04. The molecular weight excluding hydrogens is 280 g/mol. The zero-order valence-electron chi connectivity index (χ0n) is 10.8. The Morgan fingerprint density at radius 3 is 2.60 bits per heavy atom. The van der Waals surface area contributed by atoms with E-state index in [1.54, 1.807) is 0 Å². The molecule has 7 heteroatoms. The lowest BCUT2D eigenvalue weighted by Crippen LogP contribution is -2.13. The van der Waals surface area contributed by atoms with Gasteiger partial charge in [0, 0.05) is 13.0 Å². The lowest BCUT2D eigenvalue weighted by Gasteiger charge is -2.09. The molecule has 0 heterocycles. The summed E-state index contributed by atoms with van der Waals surface area (Å²) in [6, 6.07) is 3.44. The number of rotatable bonds is 7. The molecule has 0 saturated carbocycles. The molecule has 0 aliphatic carbocycles. The predicted octanol–water partition coefficient (Wildman–Crippen LogP) is 3.38. The van der Waals surface area contributed by atoms with Crippen molar-refractivity contribution in [2.24, 2.45) is 0 Å². The fraction of sp³-hybridized carbons (Fsp3) is 0.462. The third kappa shape index (κ3) is 5.56. The summed E-state index contributed by atoms with van der Waals surface area (Å²) >= 11 is 0. The molecular formula is C13H14F4O3. The number of ether oxygens (including phenoxy) is 2. The molecule has 0 amide bonds. The third-order valence-corrected chi connectivity index (χ3v) is 2.44. The maximum Gasteiger partial charge on any atom is 0.389 e. The van der Waals surface area contributed by atoms with Crippen molar-refractivity contribution in [3.05, 3.63) is 29.6 Å². The number of halogens is 4. The Morgan fingerprint density at radius 2 is 2.00 bits per heavy atom. The number of alkyl halides is 3. The smallest absolute Gasteiger partial charge is 0.389 e. The van der Waals surface area contributed by atoms with Crippen molar-refractivity contribution in [1.29, 1.82) is 0 Å². The van der Waals surface area contributed by atoms with Crippen LogP contribution in [0, 0.1) is 5.82 Å². The lowest BCUT2D eigenvalue weighted by atomic mass is 10.1. The quantitative estimate of drug-likeness (QED) is 0.439. The van der Waals surface area contributed by atoms with E-state index in [4.69, 9.17) is 9.47 Å². The fourth-order valence-electron chi connectivity index (χ4n) is 1.52. The van der Waals surface area contributed by atoms with E-state index in [1.807, 2.05) is 0 Å². The van der Waals surface area contributed by atoms with Crippen LogP contribution in [0.5, 0.6) is 5.75 Å². The number of carbonyl (C=O) groups is 1. The SMILES string of the molecule is COc1ccc(F)cc1C(=O)COCCCC(F)(F)F. The molecule has 3 nitrogen and oxygen atoms in total. The van der Waals surface area contributed by atoms with Gasteiger partial charge in [-0.15, -0.1) is 0 Å². The van der Waals surface area contributed by atoms with Gasteiger partial charge < -0.3 is 9.47 Å². The second kappa shape index (κ2) is 7.23. The normalized spacial score (nSPS) is 11.4. The van der Waals surface area contributed by atoms with E-state index in [9.17, 15) is 22.4 Å². The minimum Gasteiger partial charge on any atom is -0.496 e. The monoisotopic (exact) mass is 294 g/mol. The van der Waals surface area contributed by atoms with Crippen LogP contribution in [0.15, 0.2) is 18.2 Å². The van der Waals surface area contributed by atoms with Crippen LogP contribution in [0.25, 0.3) is 0 Å². The molecule has 0 fully saturated rings. The van der Waals surface area contributed by atoms with Gasteiger partial charge in [0.25, 0.3) is 0 Å². The molecule has 0 unspecified atom stereocenters. The van der Waals surface area contributed by atoms with Crippen molar-refractivity contribution in [2.45, 2.75) is 19.0 Å². The average molecular weight is 294 g/mol. The molecule has 0 aliphatic heterocycles. The number of carbonyl (C=O) groups excluding carboxylic acids is 1. The van der Waals surface area contributed by atoms with Crippen molar-refractivity contribution in [3.8, 4) is 5.75 Å². The molecule has 112 valence electrons. The molecule has 0 bridgehead atoms. The van der Waals surface area contributed by atoms with Crippen molar-refractivity contribution in [2.75, 3.05) is 20.3 Å². The van der Waals surface area contributed by atoms with Crippen LogP contribution in [0.3, 0.4) is 0 Å². The molecule has 1 aromatic carbocycles. The molecule has 0 N–H and O–H groups in total. The number of methoxy groups -OCH3 is 1. The topological polar surface area (TPSA) is 35.5 Å². The summed E-state index contributed by atoms with van der Waals surface area (Å²) in [4.78, 5) is 11.7. The van der Waals surface area contributed by atoms with Gasteiger partial charge in [0.15, 0.2) is 5.78 Å². The van der Waals surface area contributed by atoms with Crippen LogP contribution in [-0.4, -0.2) is 32.3 Å². The zero-order valence-corrected chi connectivity index (χ0v) is 10.8. The number of benzene rings is 1. The van der Waals surface area contributed by atoms with Crippen LogP contribution >= 0.6 is 0 Å². The molecule has 1 aromatic rings. The molecule has 0 atom stereocenters. The summed E-state index contributed by atoms with van der Waals surface area (Å²) in [5.41, 5.74) is 0.00308. The van der Waals surface area contributed by atoms with E-state index >= 15 is 0 Å².